The molecule has 1 aliphatic rings. The van der Waals surface area contributed by atoms with Crippen molar-refractivity contribution < 1.29 is 18.9 Å². The highest BCUT2D eigenvalue weighted by Crippen LogP contribution is 2.19. The van der Waals surface area contributed by atoms with E-state index in [-0.39, 0.29) is 43.1 Å². The molecule has 1 fully saturated rings. The Balaban J connectivity index is 1.61. The van der Waals surface area contributed by atoms with E-state index in [9.17, 15) is 14.4 Å². The average molecular weight is 412 g/mol. The minimum absolute atomic E-state index is 0.0165. The first-order chi connectivity index (χ1) is 14.4. The summed E-state index contributed by atoms with van der Waals surface area (Å²) < 4.78 is 4.91. The predicted octanol–water partition coefficient (Wildman–Crippen LogP) is 3.10. The Morgan fingerprint density at radius 3 is 2.40 bits per heavy atom. The van der Waals surface area contributed by atoms with Gasteiger partial charge in [0.15, 0.2) is 5.82 Å². The van der Waals surface area contributed by atoms with Gasteiger partial charge < -0.3 is 20.1 Å². The molecular formula is C22H28N4O4. The average Bonchev–Trinajstić information content (AvgIpc) is 3.36. The number of benzene rings is 1. The number of rotatable bonds is 8. The van der Waals surface area contributed by atoms with Gasteiger partial charge in [0.05, 0.1) is 0 Å². The maximum Gasteiger partial charge on any atom is 0.240 e. The fraction of sp³-hybridized carbons (Fsp3) is 0.455. The van der Waals surface area contributed by atoms with Crippen molar-refractivity contribution in [2.45, 2.75) is 58.4 Å². The highest BCUT2D eigenvalue weighted by Gasteiger charge is 2.23. The molecule has 2 aromatic rings. The van der Waals surface area contributed by atoms with Gasteiger partial charge in [0.2, 0.25) is 17.7 Å². The number of aromatic nitrogens is 1. The topological polar surface area (TPSA) is 105 Å². The maximum absolute atomic E-state index is 12.9. The molecule has 0 atom stereocenters. The third-order valence-corrected chi connectivity index (χ3v) is 5.13. The van der Waals surface area contributed by atoms with Gasteiger partial charge in [0.1, 0.15) is 12.3 Å². The van der Waals surface area contributed by atoms with Crippen molar-refractivity contribution in [3.63, 3.8) is 0 Å². The molecule has 0 unspecified atom stereocenters. The van der Waals surface area contributed by atoms with E-state index in [1.54, 1.807) is 13.0 Å². The minimum atomic E-state index is -0.337. The van der Waals surface area contributed by atoms with E-state index >= 15 is 0 Å². The number of nitrogens with zero attached hydrogens (tertiary/aromatic N) is 2. The lowest BCUT2D eigenvalue weighted by atomic mass is 10.2. The van der Waals surface area contributed by atoms with Crippen LogP contribution in [0.1, 0.15) is 49.8 Å². The SMILES string of the molecule is Cc1ccc(N(CC(=O)NC2CCCC2)C(=O)CCC(=O)Nc2cc(C)on2)cc1. The molecule has 0 saturated heterocycles. The molecule has 0 aliphatic heterocycles. The quantitative estimate of drug-likeness (QED) is 0.693. The second kappa shape index (κ2) is 10.0. The number of hydrogen-bond donors (Lipinski definition) is 2. The monoisotopic (exact) mass is 412 g/mol. The number of carbonyl (C=O) groups excluding carboxylic acids is 3. The van der Waals surface area contributed by atoms with Gasteiger partial charge in [-0.25, -0.2) is 0 Å². The van der Waals surface area contributed by atoms with Crippen LogP contribution in [0.2, 0.25) is 0 Å². The van der Waals surface area contributed by atoms with Crippen LogP contribution in [0.15, 0.2) is 34.9 Å². The summed E-state index contributed by atoms with van der Waals surface area (Å²) in [6.45, 7) is 3.61. The van der Waals surface area contributed by atoms with Crippen LogP contribution < -0.4 is 15.5 Å². The van der Waals surface area contributed by atoms with Gasteiger partial charge >= 0.3 is 0 Å². The summed E-state index contributed by atoms with van der Waals surface area (Å²) in [4.78, 5) is 39.0. The number of aryl methyl sites for hydroxylation is 2. The summed E-state index contributed by atoms with van der Waals surface area (Å²) in [7, 11) is 0. The summed E-state index contributed by atoms with van der Waals surface area (Å²) in [5, 5.41) is 9.32. The number of hydrogen-bond acceptors (Lipinski definition) is 5. The largest absolute Gasteiger partial charge is 0.360 e. The minimum Gasteiger partial charge on any atom is -0.360 e. The van der Waals surface area contributed by atoms with Crippen LogP contribution >= 0.6 is 0 Å². The summed E-state index contributed by atoms with van der Waals surface area (Å²) in [6.07, 6.45) is 4.15. The fourth-order valence-corrected chi connectivity index (χ4v) is 3.52. The summed E-state index contributed by atoms with van der Waals surface area (Å²) in [5.74, 6) is 0.0950. The number of anilines is 2. The zero-order valence-electron chi connectivity index (χ0n) is 17.4. The Morgan fingerprint density at radius 1 is 1.07 bits per heavy atom. The molecule has 8 nitrogen and oxygen atoms in total. The van der Waals surface area contributed by atoms with Crippen LogP contribution in [-0.4, -0.2) is 35.5 Å². The molecule has 0 spiro atoms. The van der Waals surface area contributed by atoms with E-state index in [0.29, 0.717) is 17.3 Å². The highest BCUT2D eigenvalue weighted by molar-refractivity contribution is 6.01. The third kappa shape index (κ3) is 6.17. The molecule has 2 N–H and O–H groups in total. The smallest absolute Gasteiger partial charge is 0.240 e. The molecule has 160 valence electrons. The van der Waals surface area contributed by atoms with E-state index < -0.39 is 0 Å². The van der Waals surface area contributed by atoms with E-state index in [2.05, 4.69) is 15.8 Å². The molecule has 1 aromatic heterocycles. The number of nitrogens with one attached hydrogen (secondary N) is 2. The van der Waals surface area contributed by atoms with E-state index in [1.807, 2.05) is 31.2 Å². The lowest BCUT2D eigenvalue weighted by Gasteiger charge is -2.23. The molecular weight excluding hydrogens is 384 g/mol. The van der Waals surface area contributed by atoms with Crippen molar-refractivity contribution in [1.82, 2.24) is 10.5 Å². The van der Waals surface area contributed by atoms with Crippen molar-refractivity contribution in [3.05, 3.63) is 41.7 Å². The molecule has 0 radical (unpaired) electrons. The van der Waals surface area contributed by atoms with Crippen molar-refractivity contribution in [2.75, 3.05) is 16.8 Å². The van der Waals surface area contributed by atoms with Crippen molar-refractivity contribution >= 4 is 29.2 Å². The molecule has 0 bridgehead atoms. The summed E-state index contributed by atoms with van der Waals surface area (Å²) >= 11 is 0. The molecule has 1 saturated carbocycles. The Bertz CT molecular complexity index is 885. The van der Waals surface area contributed by atoms with Crippen molar-refractivity contribution in [1.29, 1.82) is 0 Å². The number of carbonyl (C=O) groups is 3. The normalized spacial score (nSPS) is 13.8. The molecule has 8 heteroatoms. The van der Waals surface area contributed by atoms with Crippen LogP contribution in [0.3, 0.4) is 0 Å². The van der Waals surface area contributed by atoms with Gasteiger partial charge in [-0.05, 0) is 38.8 Å². The Morgan fingerprint density at radius 2 is 1.77 bits per heavy atom. The lowest BCUT2D eigenvalue weighted by Crippen LogP contribution is -2.43. The molecule has 1 heterocycles. The fourth-order valence-electron chi connectivity index (χ4n) is 3.52. The van der Waals surface area contributed by atoms with Crippen LogP contribution in [0.25, 0.3) is 0 Å². The molecule has 30 heavy (non-hydrogen) atoms. The van der Waals surface area contributed by atoms with Crippen molar-refractivity contribution in [2.24, 2.45) is 0 Å². The Kier molecular flexibility index (Phi) is 7.21. The van der Waals surface area contributed by atoms with Gasteiger partial charge in [-0.15, -0.1) is 0 Å². The Hall–Kier alpha value is -3.16. The molecule has 1 aliphatic carbocycles. The first-order valence-electron chi connectivity index (χ1n) is 10.3. The molecule has 3 amide bonds. The zero-order valence-corrected chi connectivity index (χ0v) is 17.4. The van der Waals surface area contributed by atoms with Gasteiger partial charge in [-0.2, -0.15) is 0 Å². The van der Waals surface area contributed by atoms with E-state index in [0.717, 1.165) is 31.2 Å². The second-order valence-electron chi connectivity index (χ2n) is 7.74. The van der Waals surface area contributed by atoms with Gasteiger partial charge in [-0.1, -0.05) is 35.7 Å². The molecule has 3 rings (SSSR count). The summed E-state index contributed by atoms with van der Waals surface area (Å²) in [5.41, 5.74) is 1.70. The van der Waals surface area contributed by atoms with Gasteiger partial charge in [0, 0.05) is 30.6 Å². The predicted molar refractivity (Wildman–Crippen MR) is 113 cm³/mol. The van der Waals surface area contributed by atoms with E-state index in [1.165, 1.54) is 4.90 Å². The third-order valence-electron chi connectivity index (χ3n) is 5.13. The maximum atomic E-state index is 12.9. The van der Waals surface area contributed by atoms with Gasteiger partial charge in [0.25, 0.3) is 0 Å². The van der Waals surface area contributed by atoms with Crippen LogP contribution in [-0.2, 0) is 14.4 Å². The van der Waals surface area contributed by atoms with Crippen LogP contribution in [0.4, 0.5) is 11.5 Å². The zero-order chi connectivity index (χ0) is 21.5. The second-order valence-corrected chi connectivity index (χ2v) is 7.74. The highest BCUT2D eigenvalue weighted by atomic mass is 16.5. The Labute approximate surface area is 176 Å². The molecule has 1 aromatic carbocycles. The van der Waals surface area contributed by atoms with Gasteiger partial charge in [-0.3, -0.25) is 14.4 Å². The first kappa shape index (κ1) is 21.5. The standard InChI is InChI=1S/C22H28N4O4/c1-15-7-9-18(10-8-15)26(14-21(28)23-17-5-3-4-6-17)22(29)12-11-20(27)24-19-13-16(2)30-25-19/h7-10,13,17H,3-6,11-12,14H2,1-2H3,(H,23,28)(H,24,25,27). The first-order valence-corrected chi connectivity index (χ1v) is 10.3. The van der Waals surface area contributed by atoms with Crippen LogP contribution in [0, 0.1) is 13.8 Å². The van der Waals surface area contributed by atoms with E-state index in [4.69, 9.17) is 4.52 Å². The summed E-state index contributed by atoms with van der Waals surface area (Å²) in [6, 6.07) is 9.20. The van der Waals surface area contributed by atoms with Crippen LogP contribution in [0.5, 0.6) is 0 Å². The number of amides is 3. The van der Waals surface area contributed by atoms with Crippen molar-refractivity contribution in [3.8, 4) is 0 Å². The lowest BCUT2D eigenvalue weighted by molar-refractivity contribution is -0.125.